The van der Waals surface area contributed by atoms with Crippen molar-refractivity contribution in [2.24, 2.45) is 5.92 Å². The molecule has 0 heterocycles. The summed E-state index contributed by atoms with van der Waals surface area (Å²) in [6, 6.07) is 3.48. The summed E-state index contributed by atoms with van der Waals surface area (Å²) in [5, 5.41) is 9.55. The van der Waals surface area contributed by atoms with Crippen LogP contribution in [0.5, 0.6) is 5.75 Å². The van der Waals surface area contributed by atoms with Crippen LogP contribution in [0.4, 0.5) is 26.3 Å². The minimum atomic E-state index is -5.63. The van der Waals surface area contributed by atoms with Crippen molar-refractivity contribution >= 4 is 15.9 Å². The van der Waals surface area contributed by atoms with Gasteiger partial charge in [0.2, 0.25) is 0 Å². The number of methoxy groups -OCH3 is 1. The molecule has 1 unspecified atom stereocenters. The highest BCUT2D eigenvalue weighted by atomic mass is 79.9. The monoisotopic (exact) mass is 366 g/mol. The lowest BCUT2D eigenvalue weighted by atomic mass is 9.94. The zero-order valence-electron chi connectivity index (χ0n) is 9.89. The number of benzene rings is 1. The molecule has 0 saturated heterocycles. The number of hydrogen-bond acceptors (Lipinski definition) is 2. The summed E-state index contributed by atoms with van der Waals surface area (Å²) in [6.07, 6.45) is -14.1. The lowest BCUT2D eigenvalue weighted by Gasteiger charge is -2.28. The summed E-state index contributed by atoms with van der Waals surface area (Å²) < 4.78 is 80.2. The highest BCUT2D eigenvalue weighted by Crippen LogP contribution is 2.48. The molecule has 0 aliphatic carbocycles. The first-order chi connectivity index (χ1) is 8.98. The van der Waals surface area contributed by atoms with Crippen LogP contribution >= 0.6 is 15.9 Å². The molecule has 1 rings (SSSR count). The van der Waals surface area contributed by atoms with Gasteiger partial charge in [-0.1, -0.05) is 15.9 Å². The summed E-state index contributed by atoms with van der Waals surface area (Å²) in [5.41, 5.74) is -0.596. The van der Waals surface area contributed by atoms with Gasteiger partial charge in [-0.15, -0.1) is 0 Å². The largest absolute Gasteiger partial charge is 0.496 e. The summed E-state index contributed by atoms with van der Waals surface area (Å²) >= 11 is 2.91. The number of hydrogen-bond donors (Lipinski definition) is 1. The summed E-state index contributed by atoms with van der Waals surface area (Å²) in [7, 11) is 1.08. The second kappa shape index (κ2) is 5.80. The maximum atomic E-state index is 12.6. The molecule has 20 heavy (non-hydrogen) atoms. The molecule has 2 nitrogen and oxygen atoms in total. The number of ether oxygens (including phenoxy) is 1. The fourth-order valence-corrected chi connectivity index (χ4v) is 2.04. The Hall–Kier alpha value is -0.960. The molecule has 114 valence electrons. The Morgan fingerprint density at radius 1 is 1.10 bits per heavy atom. The van der Waals surface area contributed by atoms with E-state index in [1.54, 1.807) is 0 Å². The van der Waals surface area contributed by atoms with Crippen molar-refractivity contribution in [1.82, 2.24) is 0 Å². The normalized spacial score (nSPS) is 14.5. The minimum absolute atomic E-state index is 0.218. The van der Waals surface area contributed by atoms with E-state index in [0.717, 1.165) is 19.2 Å². The number of aliphatic hydroxyl groups excluding tert-OH is 1. The van der Waals surface area contributed by atoms with Crippen molar-refractivity contribution in [1.29, 1.82) is 0 Å². The van der Waals surface area contributed by atoms with E-state index in [1.807, 2.05) is 0 Å². The van der Waals surface area contributed by atoms with Crippen molar-refractivity contribution < 1.29 is 36.2 Å². The third-order valence-corrected chi connectivity index (χ3v) is 3.02. The molecule has 0 radical (unpaired) electrons. The van der Waals surface area contributed by atoms with Crippen LogP contribution in [-0.2, 0) is 0 Å². The van der Waals surface area contributed by atoms with Gasteiger partial charge in [-0.2, -0.15) is 26.3 Å². The second-order valence-corrected chi connectivity index (χ2v) is 4.81. The summed E-state index contributed by atoms with van der Waals surface area (Å²) in [4.78, 5) is 0. The number of rotatable bonds is 3. The Kier molecular flexibility index (Phi) is 4.96. The van der Waals surface area contributed by atoms with E-state index in [4.69, 9.17) is 0 Å². The first-order valence-corrected chi connectivity index (χ1v) is 5.92. The lowest BCUT2D eigenvalue weighted by molar-refractivity contribution is -0.307. The van der Waals surface area contributed by atoms with E-state index in [-0.39, 0.29) is 10.2 Å². The Bertz CT molecular complexity index is 457. The van der Waals surface area contributed by atoms with Crippen LogP contribution in [-0.4, -0.2) is 24.6 Å². The van der Waals surface area contributed by atoms with Gasteiger partial charge in [-0.3, -0.25) is 0 Å². The first-order valence-electron chi connectivity index (χ1n) is 5.13. The molecular weight excluding hydrogens is 358 g/mol. The highest BCUT2D eigenvalue weighted by molar-refractivity contribution is 9.10. The van der Waals surface area contributed by atoms with E-state index >= 15 is 0 Å². The number of alkyl halides is 6. The third-order valence-electron chi connectivity index (χ3n) is 2.53. The van der Waals surface area contributed by atoms with Crippen molar-refractivity contribution in [3.63, 3.8) is 0 Å². The van der Waals surface area contributed by atoms with Gasteiger partial charge in [-0.25, -0.2) is 0 Å². The van der Waals surface area contributed by atoms with E-state index in [9.17, 15) is 31.4 Å². The van der Waals surface area contributed by atoms with E-state index in [2.05, 4.69) is 20.7 Å². The predicted octanol–water partition coefficient (Wildman–Crippen LogP) is 4.23. The highest BCUT2D eigenvalue weighted by Gasteiger charge is 2.60. The Morgan fingerprint density at radius 3 is 2.00 bits per heavy atom. The van der Waals surface area contributed by atoms with E-state index < -0.39 is 29.9 Å². The van der Waals surface area contributed by atoms with Gasteiger partial charge in [0.15, 0.2) is 5.92 Å². The zero-order chi connectivity index (χ0) is 15.7. The van der Waals surface area contributed by atoms with Gasteiger partial charge in [0.05, 0.1) is 7.11 Å². The van der Waals surface area contributed by atoms with Crippen LogP contribution in [0.15, 0.2) is 22.7 Å². The average molecular weight is 367 g/mol. The molecule has 1 N–H and O–H groups in total. The quantitative estimate of drug-likeness (QED) is 0.811. The molecule has 0 saturated carbocycles. The molecule has 1 aromatic rings. The fourth-order valence-electron chi connectivity index (χ4n) is 1.66. The second-order valence-electron chi connectivity index (χ2n) is 3.89. The fraction of sp³-hybridized carbons (Fsp3) is 0.455. The first kappa shape index (κ1) is 17.1. The molecular formula is C11H9BrF6O2. The van der Waals surface area contributed by atoms with Gasteiger partial charge in [0, 0.05) is 10.0 Å². The smallest absolute Gasteiger partial charge is 0.403 e. The van der Waals surface area contributed by atoms with Crippen molar-refractivity contribution in [2.45, 2.75) is 18.5 Å². The van der Waals surface area contributed by atoms with Gasteiger partial charge in [0.25, 0.3) is 0 Å². The third kappa shape index (κ3) is 3.78. The van der Waals surface area contributed by atoms with Crippen LogP contribution in [0, 0.1) is 5.92 Å². The maximum Gasteiger partial charge on any atom is 0.403 e. The standard InChI is InChI=1S/C11H9BrF6O2/c1-20-7-3-2-5(12)4-6(7)8(19)9(10(13,14)15)11(16,17)18/h2-4,8-9,19H,1H3. The molecule has 0 aliphatic heterocycles. The predicted molar refractivity (Wildman–Crippen MR) is 61.3 cm³/mol. The SMILES string of the molecule is COc1ccc(Br)cc1C(O)C(C(F)(F)F)C(F)(F)F. The van der Waals surface area contributed by atoms with Crippen molar-refractivity contribution in [2.75, 3.05) is 7.11 Å². The van der Waals surface area contributed by atoms with Crippen LogP contribution in [0.1, 0.15) is 11.7 Å². The van der Waals surface area contributed by atoms with E-state index in [0.29, 0.717) is 0 Å². The molecule has 9 heteroatoms. The van der Waals surface area contributed by atoms with Gasteiger partial charge < -0.3 is 9.84 Å². The van der Waals surface area contributed by atoms with Crippen LogP contribution in [0.3, 0.4) is 0 Å². The zero-order valence-corrected chi connectivity index (χ0v) is 11.5. The summed E-state index contributed by atoms with van der Waals surface area (Å²) in [5.74, 6) is -4.16. The maximum absolute atomic E-state index is 12.6. The molecule has 1 aromatic carbocycles. The minimum Gasteiger partial charge on any atom is -0.496 e. The van der Waals surface area contributed by atoms with Crippen LogP contribution in [0.25, 0.3) is 0 Å². The molecule has 1 atom stereocenters. The van der Waals surface area contributed by atoms with E-state index in [1.165, 1.54) is 6.07 Å². The molecule has 0 aromatic heterocycles. The van der Waals surface area contributed by atoms with Crippen LogP contribution < -0.4 is 4.74 Å². The van der Waals surface area contributed by atoms with Crippen molar-refractivity contribution in [3.8, 4) is 5.75 Å². The van der Waals surface area contributed by atoms with Crippen LogP contribution in [0.2, 0.25) is 0 Å². The average Bonchev–Trinajstić information content (AvgIpc) is 2.24. The molecule has 0 amide bonds. The number of halogens is 7. The lowest BCUT2D eigenvalue weighted by Crippen LogP contribution is -2.41. The Labute approximate surface area is 118 Å². The van der Waals surface area contributed by atoms with Gasteiger partial charge >= 0.3 is 12.4 Å². The topological polar surface area (TPSA) is 29.5 Å². The van der Waals surface area contributed by atoms with Gasteiger partial charge in [0.1, 0.15) is 11.9 Å². The molecule has 0 fully saturated rings. The molecule has 0 aliphatic rings. The molecule has 0 spiro atoms. The number of aliphatic hydroxyl groups is 1. The Balaban J connectivity index is 3.33. The van der Waals surface area contributed by atoms with Gasteiger partial charge in [-0.05, 0) is 18.2 Å². The Morgan fingerprint density at radius 2 is 1.60 bits per heavy atom. The summed E-state index contributed by atoms with van der Waals surface area (Å²) in [6.45, 7) is 0. The molecule has 0 bridgehead atoms. The van der Waals surface area contributed by atoms with Crippen molar-refractivity contribution in [3.05, 3.63) is 28.2 Å².